The molecule has 0 bridgehead atoms. The Morgan fingerprint density at radius 3 is 2.35 bits per heavy atom. The van der Waals surface area contributed by atoms with Gasteiger partial charge in [0.05, 0.1) is 11.8 Å². The monoisotopic (exact) mass is 233 g/mol. The lowest BCUT2D eigenvalue weighted by Gasteiger charge is -2.22. The minimum atomic E-state index is -0.905. The summed E-state index contributed by atoms with van der Waals surface area (Å²) in [5.74, 6) is -0.997. The fraction of sp³-hybridized carbons (Fsp3) is 0.385. The standard InChI is InChI=1S/C13H15NO3/c1-14(10-5-3-2-4-6-10)12(17)13(7-8-13)9-11(15)16/h2-6H,7-9H2,1H3,(H,15,16). The molecule has 1 saturated carbocycles. The van der Waals surface area contributed by atoms with Gasteiger partial charge in [-0.1, -0.05) is 18.2 Å². The van der Waals surface area contributed by atoms with E-state index in [0.717, 1.165) is 5.69 Å². The molecule has 0 aromatic heterocycles. The Kier molecular flexibility index (Phi) is 2.88. The molecule has 0 radical (unpaired) electrons. The molecule has 0 unspecified atom stereocenters. The number of para-hydroxylation sites is 1. The number of anilines is 1. The molecule has 1 aromatic carbocycles. The van der Waals surface area contributed by atoms with Crippen LogP contribution >= 0.6 is 0 Å². The first kappa shape index (κ1) is 11.6. The molecule has 1 fully saturated rings. The van der Waals surface area contributed by atoms with Gasteiger partial charge in [-0.3, -0.25) is 9.59 Å². The van der Waals surface area contributed by atoms with Gasteiger partial charge >= 0.3 is 5.97 Å². The van der Waals surface area contributed by atoms with Crippen molar-refractivity contribution in [2.45, 2.75) is 19.3 Å². The van der Waals surface area contributed by atoms with Crippen molar-refractivity contribution >= 4 is 17.6 Å². The number of rotatable bonds is 4. The molecule has 1 aliphatic carbocycles. The maximum atomic E-state index is 12.2. The van der Waals surface area contributed by atoms with Crippen LogP contribution in [0, 0.1) is 5.41 Å². The average molecular weight is 233 g/mol. The first-order valence-corrected chi connectivity index (χ1v) is 5.60. The number of nitrogens with zero attached hydrogens (tertiary/aromatic N) is 1. The summed E-state index contributed by atoms with van der Waals surface area (Å²) in [6, 6.07) is 9.28. The third-order valence-electron chi connectivity index (χ3n) is 3.24. The Labute approximate surface area is 99.9 Å². The van der Waals surface area contributed by atoms with E-state index in [4.69, 9.17) is 5.11 Å². The van der Waals surface area contributed by atoms with Crippen molar-refractivity contribution < 1.29 is 14.7 Å². The number of aliphatic carboxylic acids is 1. The van der Waals surface area contributed by atoms with Crippen LogP contribution in [0.4, 0.5) is 5.69 Å². The van der Waals surface area contributed by atoms with Crippen molar-refractivity contribution in [3.8, 4) is 0 Å². The number of amides is 1. The highest BCUT2D eigenvalue weighted by molar-refractivity contribution is 6.00. The molecular weight excluding hydrogens is 218 g/mol. The largest absolute Gasteiger partial charge is 0.481 e. The Bertz CT molecular complexity index is 437. The van der Waals surface area contributed by atoms with Crippen LogP contribution in [0.15, 0.2) is 30.3 Å². The van der Waals surface area contributed by atoms with Crippen LogP contribution in [0.5, 0.6) is 0 Å². The minimum Gasteiger partial charge on any atom is -0.481 e. The second-order valence-corrected chi connectivity index (χ2v) is 4.55. The van der Waals surface area contributed by atoms with Crippen LogP contribution in [0.25, 0.3) is 0 Å². The first-order valence-electron chi connectivity index (χ1n) is 5.60. The highest BCUT2D eigenvalue weighted by atomic mass is 16.4. The third-order valence-corrected chi connectivity index (χ3v) is 3.24. The van der Waals surface area contributed by atoms with Crippen molar-refractivity contribution in [1.82, 2.24) is 0 Å². The van der Waals surface area contributed by atoms with E-state index in [9.17, 15) is 9.59 Å². The maximum Gasteiger partial charge on any atom is 0.304 e. The first-order chi connectivity index (χ1) is 8.05. The van der Waals surface area contributed by atoms with E-state index >= 15 is 0 Å². The number of carbonyl (C=O) groups is 2. The molecule has 0 atom stereocenters. The predicted octanol–water partition coefficient (Wildman–Crippen LogP) is 1.90. The molecule has 0 aliphatic heterocycles. The van der Waals surface area contributed by atoms with Crippen molar-refractivity contribution in [3.63, 3.8) is 0 Å². The quantitative estimate of drug-likeness (QED) is 0.864. The third kappa shape index (κ3) is 2.30. The highest BCUT2D eigenvalue weighted by Crippen LogP contribution is 2.50. The van der Waals surface area contributed by atoms with Crippen LogP contribution < -0.4 is 4.90 Å². The van der Waals surface area contributed by atoms with E-state index < -0.39 is 11.4 Å². The lowest BCUT2D eigenvalue weighted by atomic mass is 10.0. The van der Waals surface area contributed by atoms with Crippen LogP contribution in [-0.2, 0) is 9.59 Å². The summed E-state index contributed by atoms with van der Waals surface area (Å²) in [6.07, 6.45) is 1.29. The summed E-state index contributed by atoms with van der Waals surface area (Å²) in [4.78, 5) is 24.5. The summed E-state index contributed by atoms with van der Waals surface area (Å²) in [5.41, 5.74) is 0.144. The van der Waals surface area contributed by atoms with Gasteiger partial charge in [-0.05, 0) is 25.0 Å². The fourth-order valence-electron chi connectivity index (χ4n) is 2.03. The zero-order chi connectivity index (χ0) is 12.5. The number of carboxylic acids is 1. The van der Waals surface area contributed by atoms with Gasteiger partial charge in [0, 0.05) is 12.7 Å². The smallest absolute Gasteiger partial charge is 0.304 e. The molecular formula is C13H15NO3. The molecule has 0 saturated heterocycles. The second kappa shape index (κ2) is 4.20. The Morgan fingerprint density at radius 1 is 1.29 bits per heavy atom. The zero-order valence-corrected chi connectivity index (χ0v) is 9.72. The van der Waals surface area contributed by atoms with E-state index in [2.05, 4.69) is 0 Å². The minimum absolute atomic E-state index is 0.0665. The number of carbonyl (C=O) groups excluding carboxylic acids is 1. The van der Waals surface area contributed by atoms with E-state index in [1.54, 1.807) is 11.9 Å². The molecule has 1 amide bonds. The Hall–Kier alpha value is -1.84. The van der Waals surface area contributed by atoms with Crippen LogP contribution in [0.1, 0.15) is 19.3 Å². The van der Waals surface area contributed by atoms with Gasteiger partial charge in [-0.2, -0.15) is 0 Å². The van der Waals surface area contributed by atoms with Gasteiger partial charge in [0.2, 0.25) is 5.91 Å². The van der Waals surface area contributed by atoms with Crippen molar-refractivity contribution in [2.24, 2.45) is 5.41 Å². The topological polar surface area (TPSA) is 57.6 Å². The summed E-state index contributed by atoms with van der Waals surface area (Å²) in [5, 5.41) is 8.82. The molecule has 0 heterocycles. The predicted molar refractivity (Wildman–Crippen MR) is 63.8 cm³/mol. The van der Waals surface area contributed by atoms with Crippen molar-refractivity contribution in [2.75, 3.05) is 11.9 Å². The molecule has 1 N–H and O–H groups in total. The summed E-state index contributed by atoms with van der Waals surface area (Å²) in [6.45, 7) is 0. The summed E-state index contributed by atoms with van der Waals surface area (Å²) < 4.78 is 0. The molecule has 4 nitrogen and oxygen atoms in total. The molecule has 2 rings (SSSR count). The van der Waals surface area contributed by atoms with E-state index in [1.165, 1.54) is 0 Å². The van der Waals surface area contributed by atoms with Gasteiger partial charge in [0.1, 0.15) is 0 Å². The molecule has 1 aliphatic rings. The number of hydrogen-bond acceptors (Lipinski definition) is 2. The number of benzene rings is 1. The summed E-state index contributed by atoms with van der Waals surface area (Å²) >= 11 is 0. The number of carboxylic acid groups (broad SMARTS) is 1. The van der Waals surface area contributed by atoms with E-state index in [0.29, 0.717) is 12.8 Å². The van der Waals surface area contributed by atoms with Crippen LogP contribution in [0.3, 0.4) is 0 Å². The van der Waals surface area contributed by atoms with E-state index in [-0.39, 0.29) is 12.3 Å². The Morgan fingerprint density at radius 2 is 1.88 bits per heavy atom. The van der Waals surface area contributed by atoms with Crippen LogP contribution in [-0.4, -0.2) is 24.0 Å². The second-order valence-electron chi connectivity index (χ2n) is 4.55. The maximum absolute atomic E-state index is 12.2. The fourth-order valence-corrected chi connectivity index (χ4v) is 2.03. The van der Waals surface area contributed by atoms with Gasteiger partial charge in [0.15, 0.2) is 0 Å². The van der Waals surface area contributed by atoms with Gasteiger partial charge in [-0.15, -0.1) is 0 Å². The van der Waals surface area contributed by atoms with Crippen molar-refractivity contribution in [1.29, 1.82) is 0 Å². The van der Waals surface area contributed by atoms with Crippen molar-refractivity contribution in [3.05, 3.63) is 30.3 Å². The lowest BCUT2D eigenvalue weighted by molar-refractivity contribution is -0.141. The SMILES string of the molecule is CN(C(=O)C1(CC(=O)O)CC1)c1ccccc1. The van der Waals surface area contributed by atoms with Gasteiger partial charge in [0.25, 0.3) is 0 Å². The Balaban J connectivity index is 2.13. The van der Waals surface area contributed by atoms with Gasteiger partial charge in [-0.25, -0.2) is 0 Å². The molecule has 90 valence electrons. The molecule has 4 heteroatoms. The number of hydrogen-bond donors (Lipinski definition) is 1. The highest BCUT2D eigenvalue weighted by Gasteiger charge is 2.52. The normalized spacial score (nSPS) is 16.3. The molecule has 1 aromatic rings. The van der Waals surface area contributed by atoms with E-state index in [1.807, 2.05) is 30.3 Å². The molecule has 0 spiro atoms. The van der Waals surface area contributed by atoms with Crippen LogP contribution in [0.2, 0.25) is 0 Å². The zero-order valence-electron chi connectivity index (χ0n) is 9.72. The average Bonchev–Trinajstić information content (AvgIpc) is 3.08. The summed E-state index contributed by atoms with van der Waals surface area (Å²) in [7, 11) is 1.69. The lowest BCUT2D eigenvalue weighted by Crippen LogP contribution is -2.35. The van der Waals surface area contributed by atoms with Gasteiger partial charge < -0.3 is 10.0 Å². The molecule has 17 heavy (non-hydrogen) atoms.